The Morgan fingerprint density at radius 1 is 0.926 bits per heavy atom. The summed E-state index contributed by atoms with van der Waals surface area (Å²) >= 11 is 0. The molecule has 2 aromatic rings. The number of hydrogen-bond acceptors (Lipinski definition) is 8. The van der Waals surface area contributed by atoms with Crippen LogP contribution < -0.4 is 31.4 Å². The molecule has 0 radical (unpaired) electrons. The number of nitrogens with two attached hydrogens (primary N) is 3. The number of aromatic nitrogens is 1. The summed E-state index contributed by atoms with van der Waals surface area (Å²) in [5.74, 6) is 1.85. The highest BCUT2D eigenvalue weighted by atomic mass is 16.5. The first-order valence-corrected chi connectivity index (χ1v) is 8.51. The van der Waals surface area contributed by atoms with Gasteiger partial charge in [0.15, 0.2) is 11.5 Å². The van der Waals surface area contributed by atoms with Crippen molar-refractivity contribution in [2.24, 2.45) is 17.2 Å². The lowest BCUT2D eigenvalue weighted by Crippen LogP contribution is -2.00. The first-order chi connectivity index (χ1) is 13.1. The van der Waals surface area contributed by atoms with Crippen molar-refractivity contribution in [3.05, 3.63) is 47.8 Å². The predicted molar refractivity (Wildman–Crippen MR) is 107 cm³/mol. The summed E-state index contributed by atoms with van der Waals surface area (Å²) in [6.45, 7) is 1.78. The second-order valence-electron chi connectivity index (χ2n) is 5.13. The average Bonchev–Trinajstić information content (AvgIpc) is 2.74. The molecule has 0 fully saturated rings. The molecule has 7 N–H and O–H groups in total. The maximum atomic E-state index is 7.99. The Morgan fingerprint density at radius 3 is 1.81 bits per heavy atom. The van der Waals surface area contributed by atoms with Gasteiger partial charge in [0.25, 0.3) is 0 Å². The van der Waals surface area contributed by atoms with Crippen LogP contribution >= 0.6 is 0 Å². The molecule has 0 saturated carbocycles. The summed E-state index contributed by atoms with van der Waals surface area (Å²) in [6, 6.07) is 9.37. The van der Waals surface area contributed by atoms with Gasteiger partial charge in [0, 0.05) is 25.9 Å². The molecule has 0 spiro atoms. The highest BCUT2D eigenvalue weighted by molar-refractivity contribution is 5.53. The van der Waals surface area contributed by atoms with Gasteiger partial charge in [-0.1, -0.05) is 6.07 Å². The first kappa shape index (κ1) is 24.6. The molecule has 1 aromatic heterocycles. The number of aliphatic hydroxyl groups excluding tert-OH is 1. The van der Waals surface area contributed by atoms with Gasteiger partial charge in [-0.3, -0.25) is 4.98 Å². The van der Waals surface area contributed by atoms with Gasteiger partial charge in [-0.15, -0.1) is 0 Å². The third-order valence-corrected chi connectivity index (χ3v) is 3.26. The second-order valence-corrected chi connectivity index (χ2v) is 5.13. The number of pyridine rings is 1. The van der Waals surface area contributed by atoms with Crippen molar-refractivity contribution in [2.45, 2.75) is 19.5 Å². The standard InChI is InChI=1S/C10H15NO3.C6H8N2.C3H9NO/c1-12-8-4-7(6-11)5-9(13-2)10(8)14-3;7-5-6-3-1-2-4-8-6;4-2-1-3-5/h4-5H,6,11H2,1-3H3;1-4H,5,7H2;5H,1-4H2. The van der Waals surface area contributed by atoms with Crippen LogP contribution in [0.2, 0.25) is 0 Å². The van der Waals surface area contributed by atoms with E-state index >= 15 is 0 Å². The van der Waals surface area contributed by atoms with Crippen LogP contribution in [0, 0.1) is 0 Å². The largest absolute Gasteiger partial charge is 0.493 e. The van der Waals surface area contributed by atoms with Crippen molar-refractivity contribution in [1.82, 2.24) is 4.98 Å². The van der Waals surface area contributed by atoms with Crippen molar-refractivity contribution in [3.63, 3.8) is 0 Å². The average molecular weight is 380 g/mol. The van der Waals surface area contributed by atoms with Gasteiger partial charge in [-0.05, 0) is 42.8 Å². The van der Waals surface area contributed by atoms with E-state index in [1.54, 1.807) is 27.5 Å². The minimum absolute atomic E-state index is 0.219. The Morgan fingerprint density at radius 2 is 1.56 bits per heavy atom. The topological polar surface area (TPSA) is 139 Å². The van der Waals surface area contributed by atoms with E-state index in [9.17, 15) is 0 Å². The fraction of sp³-hybridized carbons (Fsp3) is 0.421. The van der Waals surface area contributed by atoms with Crippen LogP contribution in [0.25, 0.3) is 0 Å². The van der Waals surface area contributed by atoms with E-state index in [0.717, 1.165) is 17.7 Å². The predicted octanol–water partition coefficient (Wildman–Crippen LogP) is 1.04. The number of hydrogen-bond donors (Lipinski definition) is 4. The fourth-order valence-electron chi connectivity index (χ4n) is 1.86. The zero-order valence-corrected chi connectivity index (χ0v) is 16.4. The van der Waals surface area contributed by atoms with E-state index in [-0.39, 0.29) is 6.61 Å². The third kappa shape index (κ3) is 9.76. The molecule has 8 nitrogen and oxygen atoms in total. The highest BCUT2D eigenvalue weighted by Crippen LogP contribution is 2.37. The van der Waals surface area contributed by atoms with Crippen LogP contribution in [0.1, 0.15) is 17.7 Å². The number of ether oxygens (including phenoxy) is 3. The Hall–Kier alpha value is -2.39. The maximum absolute atomic E-state index is 7.99. The lowest BCUT2D eigenvalue weighted by Gasteiger charge is -2.13. The minimum Gasteiger partial charge on any atom is -0.493 e. The first-order valence-electron chi connectivity index (χ1n) is 8.51. The van der Waals surface area contributed by atoms with Gasteiger partial charge in [0.1, 0.15) is 0 Å². The summed E-state index contributed by atoms with van der Waals surface area (Å²) in [5, 5.41) is 7.99. The van der Waals surface area contributed by atoms with Crippen molar-refractivity contribution in [1.29, 1.82) is 0 Å². The molecule has 27 heavy (non-hydrogen) atoms. The molecular weight excluding hydrogens is 348 g/mol. The molecule has 1 aromatic carbocycles. The minimum atomic E-state index is 0.219. The number of nitrogens with zero attached hydrogens (tertiary/aromatic N) is 1. The molecule has 0 atom stereocenters. The normalized spacial score (nSPS) is 9.30. The quantitative estimate of drug-likeness (QED) is 0.559. The van der Waals surface area contributed by atoms with Gasteiger partial charge in [0.2, 0.25) is 5.75 Å². The molecule has 152 valence electrons. The molecule has 0 amide bonds. The zero-order valence-electron chi connectivity index (χ0n) is 16.4. The van der Waals surface area contributed by atoms with Crippen LogP contribution in [-0.4, -0.2) is 44.6 Å². The summed E-state index contributed by atoms with van der Waals surface area (Å²) in [6.07, 6.45) is 2.46. The van der Waals surface area contributed by atoms with E-state index in [1.165, 1.54) is 0 Å². The molecule has 0 unspecified atom stereocenters. The molecule has 0 saturated heterocycles. The molecule has 0 aliphatic rings. The third-order valence-electron chi connectivity index (χ3n) is 3.26. The molecular formula is C19H32N4O4. The van der Waals surface area contributed by atoms with Crippen LogP contribution in [0.4, 0.5) is 0 Å². The van der Waals surface area contributed by atoms with Gasteiger partial charge < -0.3 is 36.5 Å². The summed E-state index contributed by atoms with van der Waals surface area (Å²) < 4.78 is 15.5. The fourth-order valence-corrected chi connectivity index (χ4v) is 1.86. The second kappa shape index (κ2) is 15.8. The van der Waals surface area contributed by atoms with E-state index in [2.05, 4.69) is 4.98 Å². The molecule has 0 aliphatic heterocycles. The van der Waals surface area contributed by atoms with Gasteiger partial charge in [-0.25, -0.2) is 0 Å². The Labute approximate surface area is 161 Å². The Bertz CT molecular complexity index is 585. The van der Waals surface area contributed by atoms with Crippen LogP contribution in [0.3, 0.4) is 0 Å². The van der Waals surface area contributed by atoms with Crippen LogP contribution in [-0.2, 0) is 13.1 Å². The summed E-state index contributed by atoms with van der Waals surface area (Å²) in [5.41, 5.74) is 17.7. The smallest absolute Gasteiger partial charge is 0.203 e. The Balaban J connectivity index is 0.000000437. The maximum Gasteiger partial charge on any atom is 0.203 e. The van der Waals surface area contributed by atoms with Crippen molar-refractivity contribution in [2.75, 3.05) is 34.5 Å². The van der Waals surface area contributed by atoms with E-state index in [0.29, 0.717) is 36.9 Å². The van der Waals surface area contributed by atoms with Crippen molar-refractivity contribution >= 4 is 0 Å². The molecule has 1 heterocycles. The van der Waals surface area contributed by atoms with Crippen LogP contribution in [0.5, 0.6) is 17.2 Å². The number of rotatable bonds is 7. The zero-order chi connectivity index (χ0) is 20.5. The molecule has 2 rings (SSSR count). The highest BCUT2D eigenvalue weighted by Gasteiger charge is 2.11. The Kier molecular flexibility index (Phi) is 14.4. The molecule has 0 bridgehead atoms. The lowest BCUT2D eigenvalue weighted by atomic mass is 10.2. The van der Waals surface area contributed by atoms with Crippen molar-refractivity contribution < 1.29 is 19.3 Å². The van der Waals surface area contributed by atoms with E-state index in [1.807, 2.05) is 30.3 Å². The van der Waals surface area contributed by atoms with Gasteiger partial charge in [0.05, 0.1) is 27.0 Å². The molecule has 0 aliphatic carbocycles. The lowest BCUT2D eigenvalue weighted by molar-refractivity contribution is 0.291. The van der Waals surface area contributed by atoms with E-state index < -0.39 is 0 Å². The number of aliphatic hydroxyl groups is 1. The van der Waals surface area contributed by atoms with Gasteiger partial charge in [-0.2, -0.15) is 0 Å². The number of benzene rings is 1. The van der Waals surface area contributed by atoms with Gasteiger partial charge >= 0.3 is 0 Å². The number of methoxy groups -OCH3 is 3. The SMILES string of the molecule is COc1cc(CN)cc(OC)c1OC.NCCCO.NCc1ccccn1. The monoisotopic (exact) mass is 380 g/mol. The summed E-state index contributed by atoms with van der Waals surface area (Å²) in [4.78, 5) is 3.97. The van der Waals surface area contributed by atoms with E-state index in [4.69, 9.17) is 36.5 Å². The van der Waals surface area contributed by atoms with Crippen LogP contribution in [0.15, 0.2) is 36.5 Å². The molecule has 8 heteroatoms. The van der Waals surface area contributed by atoms with Crippen molar-refractivity contribution in [3.8, 4) is 17.2 Å². The summed E-state index contributed by atoms with van der Waals surface area (Å²) in [7, 11) is 4.73.